The van der Waals surface area contributed by atoms with Crippen LogP contribution in [0, 0.1) is 0 Å². The van der Waals surface area contributed by atoms with Crippen LogP contribution >= 0.6 is 0 Å². The molecule has 0 amide bonds. The van der Waals surface area contributed by atoms with Gasteiger partial charge in [0, 0.05) is 12.6 Å². The first-order valence-corrected chi connectivity index (χ1v) is 5.71. The quantitative estimate of drug-likeness (QED) is 0.939. The van der Waals surface area contributed by atoms with Crippen molar-refractivity contribution < 1.29 is 17.9 Å². The van der Waals surface area contributed by atoms with Gasteiger partial charge in [0.05, 0.1) is 12.7 Å². The van der Waals surface area contributed by atoms with E-state index in [-0.39, 0.29) is 0 Å². The number of nitrogens with one attached hydrogen (secondary N) is 1. The molecule has 0 fully saturated rings. The number of hydrogen-bond acceptors (Lipinski definition) is 4. The molecule has 0 aliphatic heterocycles. The molecule has 0 atom stereocenters. The molecule has 0 bridgehead atoms. The van der Waals surface area contributed by atoms with Gasteiger partial charge >= 0.3 is 6.18 Å². The minimum Gasteiger partial charge on any atom is -0.491 e. The van der Waals surface area contributed by atoms with E-state index in [1.165, 1.54) is 25.6 Å². The van der Waals surface area contributed by atoms with Crippen molar-refractivity contribution in [2.24, 2.45) is 0 Å². The summed E-state index contributed by atoms with van der Waals surface area (Å²) in [4.78, 5) is 8.05. The number of anilines is 1. The summed E-state index contributed by atoms with van der Waals surface area (Å²) in [5.74, 6) is 0.854. The Labute approximate surface area is 113 Å². The van der Waals surface area contributed by atoms with Crippen LogP contribution in [0.4, 0.5) is 19.0 Å². The van der Waals surface area contributed by atoms with Crippen LogP contribution in [0.15, 0.2) is 30.6 Å². The smallest absolute Gasteiger partial charge is 0.416 e. The molecule has 2 aromatic rings. The van der Waals surface area contributed by atoms with Crippen LogP contribution in [0.25, 0.3) is 11.3 Å². The van der Waals surface area contributed by atoms with Crippen LogP contribution in [-0.2, 0) is 6.18 Å². The Balaban J connectivity index is 2.47. The topological polar surface area (TPSA) is 47.0 Å². The third-order valence-corrected chi connectivity index (χ3v) is 2.73. The van der Waals surface area contributed by atoms with Crippen molar-refractivity contribution in [2.45, 2.75) is 6.18 Å². The number of methoxy groups -OCH3 is 1. The standard InChI is InChI=1S/C13H12F3N3O/c1-17-12-11(20-2)10(18-7-19-12)8-3-5-9(6-4-8)13(14,15)16/h3-7H,1-2H3,(H,17,18,19). The number of alkyl halides is 3. The number of halogens is 3. The molecule has 7 heteroatoms. The first-order chi connectivity index (χ1) is 9.47. The van der Waals surface area contributed by atoms with E-state index in [2.05, 4.69) is 15.3 Å². The summed E-state index contributed by atoms with van der Waals surface area (Å²) in [6.45, 7) is 0. The van der Waals surface area contributed by atoms with Gasteiger partial charge < -0.3 is 10.1 Å². The second-order valence-electron chi connectivity index (χ2n) is 3.93. The van der Waals surface area contributed by atoms with Gasteiger partial charge in [-0.15, -0.1) is 0 Å². The molecule has 0 aliphatic rings. The van der Waals surface area contributed by atoms with E-state index in [0.29, 0.717) is 22.8 Å². The van der Waals surface area contributed by atoms with E-state index >= 15 is 0 Å². The van der Waals surface area contributed by atoms with Gasteiger partial charge in [-0.05, 0) is 12.1 Å². The number of benzene rings is 1. The molecular weight excluding hydrogens is 271 g/mol. The lowest BCUT2D eigenvalue weighted by Gasteiger charge is -2.12. The lowest BCUT2D eigenvalue weighted by atomic mass is 10.1. The summed E-state index contributed by atoms with van der Waals surface area (Å²) in [5, 5.41) is 2.84. The second kappa shape index (κ2) is 5.36. The molecule has 1 heterocycles. The molecule has 0 saturated carbocycles. The Morgan fingerprint density at radius 1 is 1.10 bits per heavy atom. The number of rotatable bonds is 3. The van der Waals surface area contributed by atoms with E-state index in [4.69, 9.17) is 4.74 Å². The highest BCUT2D eigenvalue weighted by Gasteiger charge is 2.30. The Morgan fingerprint density at radius 3 is 2.25 bits per heavy atom. The molecule has 0 unspecified atom stereocenters. The molecule has 1 N–H and O–H groups in total. The van der Waals surface area contributed by atoms with E-state index in [1.54, 1.807) is 7.05 Å². The molecule has 0 saturated heterocycles. The van der Waals surface area contributed by atoms with E-state index < -0.39 is 11.7 Å². The highest BCUT2D eigenvalue weighted by atomic mass is 19.4. The van der Waals surface area contributed by atoms with Gasteiger partial charge in [-0.25, -0.2) is 9.97 Å². The molecule has 4 nitrogen and oxygen atoms in total. The normalized spacial score (nSPS) is 11.2. The highest BCUT2D eigenvalue weighted by Crippen LogP contribution is 2.35. The molecule has 20 heavy (non-hydrogen) atoms. The van der Waals surface area contributed by atoms with Crippen LogP contribution in [0.2, 0.25) is 0 Å². The maximum absolute atomic E-state index is 12.5. The van der Waals surface area contributed by atoms with Gasteiger partial charge in [-0.2, -0.15) is 13.2 Å². The summed E-state index contributed by atoms with van der Waals surface area (Å²) in [5.41, 5.74) is 0.248. The van der Waals surface area contributed by atoms with Gasteiger partial charge in [0.25, 0.3) is 0 Å². The largest absolute Gasteiger partial charge is 0.491 e. The van der Waals surface area contributed by atoms with Gasteiger partial charge in [-0.1, -0.05) is 12.1 Å². The predicted molar refractivity (Wildman–Crippen MR) is 68.6 cm³/mol. The molecule has 0 spiro atoms. The predicted octanol–water partition coefficient (Wildman–Crippen LogP) is 3.21. The summed E-state index contributed by atoms with van der Waals surface area (Å²) in [6, 6.07) is 4.73. The third kappa shape index (κ3) is 2.66. The minimum atomic E-state index is -4.36. The van der Waals surface area contributed by atoms with Crippen molar-refractivity contribution in [1.82, 2.24) is 9.97 Å². The fourth-order valence-corrected chi connectivity index (χ4v) is 1.77. The summed E-state index contributed by atoms with van der Waals surface area (Å²) >= 11 is 0. The Bertz CT molecular complexity index is 597. The molecule has 2 rings (SSSR count). The molecule has 1 aromatic heterocycles. The summed E-state index contributed by atoms with van der Waals surface area (Å²) in [6.07, 6.45) is -3.04. The molecular formula is C13H12F3N3O. The fraction of sp³-hybridized carbons (Fsp3) is 0.231. The first-order valence-electron chi connectivity index (χ1n) is 5.71. The maximum Gasteiger partial charge on any atom is 0.416 e. The highest BCUT2D eigenvalue weighted by molar-refractivity contribution is 5.72. The van der Waals surface area contributed by atoms with Crippen molar-refractivity contribution in [3.63, 3.8) is 0 Å². The van der Waals surface area contributed by atoms with E-state index in [9.17, 15) is 13.2 Å². The van der Waals surface area contributed by atoms with Crippen LogP contribution < -0.4 is 10.1 Å². The summed E-state index contributed by atoms with van der Waals surface area (Å²) < 4.78 is 42.8. The van der Waals surface area contributed by atoms with Crippen molar-refractivity contribution in [2.75, 3.05) is 19.5 Å². The van der Waals surface area contributed by atoms with E-state index in [0.717, 1.165) is 12.1 Å². The van der Waals surface area contributed by atoms with Crippen LogP contribution in [-0.4, -0.2) is 24.1 Å². The second-order valence-corrected chi connectivity index (χ2v) is 3.93. The fourth-order valence-electron chi connectivity index (χ4n) is 1.77. The molecule has 0 radical (unpaired) electrons. The lowest BCUT2D eigenvalue weighted by molar-refractivity contribution is -0.137. The molecule has 106 valence electrons. The van der Waals surface area contributed by atoms with Gasteiger partial charge in [0.2, 0.25) is 0 Å². The Kier molecular flexibility index (Phi) is 3.78. The Morgan fingerprint density at radius 2 is 1.75 bits per heavy atom. The van der Waals surface area contributed by atoms with E-state index in [1.807, 2.05) is 0 Å². The monoisotopic (exact) mass is 283 g/mol. The molecule has 1 aromatic carbocycles. The number of aromatic nitrogens is 2. The van der Waals surface area contributed by atoms with Crippen LogP contribution in [0.1, 0.15) is 5.56 Å². The molecule has 0 aliphatic carbocycles. The van der Waals surface area contributed by atoms with Crippen LogP contribution in [0.5, 0.6) is 5.75 Å². The summed E-state index contributed by atoms with van der Waals surface area (Å²) in [7, 11) is 3.12. The van der Waals surface area contributed by atoms with Gasteiger partial charge in [0.15, 0.2) is 11.6 Å². The van der Waals surface area contributed by atoms with Crippen LogP contribution in [0.3, 0.4) is 0 Å². The van der Waals surface area contributed by atoms with Gasteiger partial charge in [0.1, 0.15) is 12.0 Å². The van der Waals surface area contributed by atoms with Crippen molar-refractivity contribution >= 4 is 5.82 Å². The van der Waals surface area contributed by atoms with Crippen molar-refractivity contribution in [3.8, 4) is 17.0 Å². The average Bonchev–Trinajstić information content (AvgIpc) is 2.45. The number of ether oxygens (including phenoxy) is 1. The third-order valence-electron chi connectivity index (χ3n) is 2.73. The first kappa shape index (κ1) is 14.1. The van der Waals surface area contributed by atoms with Gasteiger partial charge in [-0.3, -0.25) is 0 Å². The van der Waals surface area contributed by atoms with Crippen molar-refractivity contribution in [3.05, 3.63) is 36.2 Å². The number of hydrogen-bond donors (Lipinski definition) is 1. The minimum absolute atomic E-state index is 0.384. The SMILES string of the molecule is CNc1ncnc(-c2ccc(C(F)(F)F)cc2)c1OC. The zero-order valence-corrected chi connectivity index (χ0v) is 10.8. The Hall–Kier alpha value is -2.31. The lowest BCUT2D eigenvalue weighted by Crippen LogP contribution is -2.04. The number of nitrogens with zero attached hydrogens (tertiary/aromatic N) is 2. The zero-order chi connectivity index (χ0) is 14.8. The maximum atomic E-state index is 12.5. The zero-order valence-electron chi connectivity index (χ0n) is 10.8. The average molecular weight is 283 g/mol. The van der Waals surface area contributed by atoms with Crippen molar-refractivity contribution in [1.29, 1.82) is 0 Å².